The van der Waals surface area contributed by atoms with Crippen LogP contribution in [0.3, 0.4) is 0 Å². The van der Waals surface area contributed by atoms with E-state index in [1.807, 2.05) is 0 Å². The van der Waals surface area contributed by atoms with Crippen molar-refractivity contribution in [3.63, 3.8) is 0 Å². The number of benzene rings is 1. The zero-order valence-corrected chi connectivity index (χ0v) is 8.87. The molecule has 6 heteroatoms. The molecular formula is C9H5Cl2N3O. The summed E-state index contributed by atoms with van der Waals surface area (Å²) in [5.41, 5.74) is 0.462. The molecule has 0 aliphatic rings. The molecule has 2 aromatic rings. The molecule has 0 fully saturated rings. The van der Waals surface area contributed by atoms with Gasteiger partial charge in [0, 0.05) is 0 Å². The molecule has 0 aliphatic heterocycles. The first kappa shape index (κ1) is 10.1. The van der Waals surface area contributed by atoms with Gasteiger partial charge in [-0.3, -0.25) is 0 Å². The minimum atomic E-state index is -0.00625. The van der Waals surface area contributed by atoms with Crippen LogP contribution in [0.1, 0.15) is 0 Å². The number of aromatic hydroxyl groups is 1. The first-order valence-corrected chi connectivity index (χ1v) is 4.78. The van der Waals surface area contributed by atoms with E-state index in [9.17, 15) is 5.11 Å². The van der Waals surface area contributed by atoms with Crippen LogP contribution in [0.5, 0.6) is 5.75 Å². The summed E-state index contributed by atoms with van der Waals surface area (Å²) < 4.78 is 0. The molecule has 15 heavy (non-hydrogen) atoms. The van der Waals surface area contributed by atoms with Crippen LogP contribution in [0.2, 0.25) is 10.6 Å². The Morgan fingerprint density at radius 3 is 2.13 bits per heavy atom. The van der Waals surface area contributed by atoms with Crippen molar-refractivity contribution in [3.05, 3.63) is 34.8 Å². The molecule has 0 saturated heterocycles. The average molecular weight is 242 g/mol. The molecule has 0 spiro atoms. The summed E-state index contributed by atoms with van der Waals surface area (Å²) in [5.74, 6) is 0.314. The Balaban J connectivity index is 2.59. The maximum absolute atomic E-state index is 9.56. The zero-order chi connectivity index (χ0) is 10.8. The van der Waals surface area contributed by atoms with Gasteiger partial charge in [-0.25, -0.2) is 0 Å². The number of nitrogens with zero attached hydrogens (tertiary/aromatic N) is 3. The second-order valence-electron chi connectivity index (χ2n) is 2.71. The topological polar surface area (TPSA) is 58.9 Å². The lowest BCUT2D eigenvalue weighted by Gasteiger charge is -2.02. The number of hydrogen-bond acceptors (Lipinski definition) is 4. The third-order valence-corrected chi connectivity index (χ3v) is 2.06. The molecule has 4 nitrogen and oxygen atoms in total. The second kappa shape index (κ2) is 4.00. The summed E-state index contributed by atoms with van der Waals surface area (Å²) in [6.07, 6.45) is 0. The predicted molar refractivity (Wildman–Crippen MR) is 56.9 cm³/mol. The van der Waals surface area contributed by atoms with Crippen LogP contribution in [0, 0.1) is 0 Å². The molecule has 0 atom stereocenters. The van der Waals surface area contributed by atoms with Crippen LogP contribution in [0.15, 0.2) is 24.3 Å². The van der Waals surface area contributed by atoms with Crippen molar-refractivity contribution in [1.82, 2.24) is 15.0 Å². The number of hydrogen-bond donors (Lipinski definition) is 1. The van der Waals surface area contributed by atoms with Gasteiger partial charge in [0.15, 0.2) is 5.82 Å². The monoisotopic (exact) mass is 241 g/mol. The first-order chi connectivity index (χ1) is 7.16. The number of phenols is 1. The molecule has 1 heterocycles. The Morgan fingerprint density at radius 1 is 0.933 bits per heavy atom. The molecule has 1 N–H and O–H groups in total. The number of para-hydroxylation sites is 1. The van der Waals surface area contributed by atoms with E-state index in [4.69, 9.17) is 23.2 Å². The Morgan fingerprint density at radius 2 is 1.53 bits per heavy atom. The van der Waals surface area contributed by atoms with Crippen LogP contribution < -0.4 is 0 Å². The minimum Gasteiger partial charge on any atom is -0.507 e. The highest BCUT2D eigenvalue weighted by molar-refractivity contribution is 6.31. The van der Waals surface area contributed by atoms with E-state index >= 15 is 0 Å². The largest absolute Gasteiger partial charge is 0.507 e. The summed E-state index contributed by atoms with van der Waals surface area (Å²) in [6, 6.07) is 6.64. The van der Waals surface area contributed by atoms with Gasteiger partial charge < -0.3 is 5.11 Å². The average Bonchev–Trinajstić information content (AvgIpc) is 2.16. The van der Waals surface area contributed by atoms with Crippen LogP contribution >= 0.6 is 23.2 Å². The fourth-order valence-corrected chi connectivity index (χ4v) is 1.47. The van der Waals surface area contributed by atoms with Crippen LogP contribution in [-0.4, -0.2) is 20.1 Å². The van der Waals surface area contributed by atoms with E-state index in [0.29, 0.717) is 5.56 Å². The number of aromatic nitrogens is 3. The lowest BCUT2D eigenvalue weighted by molar-refractivity contribution is 0.477. The Kier molecular flexibility index (Phi) is 2.70. The predicted octanol–water partition coefficient (Wildman–Crippen LogP) is 2.55. The summed E-state index contributed by atoms with van der Waals surface area (Å²) >= 11 is 11.2. The fourth-order valence-electron chi connectivity index (χ4n) is 1.11. The van der Waals surface area contributed by atoms with Crippen LogP contribution in [0.25, 0.3) is 11.4 Å². The Bertz CT molecular complexity index is 484. The Hall–Kier alpha value is -1.39. The van der Waals surface area contributed by atoms with Gasteiger partial charge in [0.2, 0.25) is 10.6 Å². The third-order valence-electron chi connectivity index (χ3n) is 1.73. The van der Waals surface area contributed by atoms with E-state index in [-0.39, 0.29) is 22.1 Å². The summed E-state index contributed by atoms with van der Waals surface area (Å²) in [4.78, 5) is 11.3. The van der Waals surface area contributed by atoms with Crippen molar-refractivity contribution in [3.8, 4) is 17.1 Å². The van der Waals surface area contributed by atoms with Crippen molar-refractivity contribution in [1.29, 1.82) is 0 Å². The molecule has 1 aromatic carbocycles. The Labute approximate surface area is 95.5 Å². The summed E-state index contributed by atoms with van der Waals surface area (Å²) in [5, 5.41) is 9.55. The molecule has 0 bridgehead atoms. The van der Waals surface area contributed by atoms with E-state index in [0.717, 1.165) is 0 Å². The van der Waals surface area contributed by atoms with Gasteiger partial charge in [0.1, 0.15) is 5.75 Å². The summed E-state index contributed by atoms with van der Waals surface area (Å²) in [6.45, 7) is 0. The molecule has 2 rings (SSSR count). The van der Waals surface area contributed by atoms with Crippen LogP contribution in [-0.2, 0) is 0 Å². The van der Waals surface area contributed by atoms with Crippen molar-refractivity contribution in [2.45, 2.75) is 0 Å². The quantitative estimate of drug-likeness (QED) is 0.834. The van der Waals surface area contributed by atoms with Crippen molar-refractivity contribution >= 4 is 23.2 Å². The summed E-state index contributed by atoms with van der Waals surface area (Å²) in [7, 11) is 0. The molecule has 0 aliphatic carbocycles. The molecule has 0 saturated carbocycles. The zero-order valence-electron chi connectivity index (χ0n) is 7.35. The van der Waals surface area contributed by atoms with E-state index in [1.54, 1.807) is 18.2 Å². The normalized spacial score (nSPS) is 10.3. The van der Waals surface area contributed by atoms with Crippen molar-refractivity contribution < 1.29 is 5.11 Å². The molecule has 1 aromatic heterocycles. The van der Waals surface area contributed by atoms with Crippen molar-refractivity contribution in [2.75, 3.05) is 0 Å². The van der Waals surface area contributed by atoms with Gasteiger partial charge in [-0.1, -0.05) is 12.1 Å². The maximum atomic E-state index is 9.56. The smallest absolute Gasteiger partial charge is 0.227 e. The highest BCUT2D eigenvalue weighted by Crippen LogP contribution is 2.26. The van der Waals surface area contributed by atoms with Gasteiger partial charge in [0.25, 0.3) is 0 Å². The van der Waals surface area contributed by atoms with Gasteiger partial charge in [-0.2, -0.15) is 15.0 Å². The minimum absolute atomic E-state index is 0.00625. The number of halogens is 2. The van der Waals surface area contributed by atoms with E-state index in [2.05, 4.69) is 15.0 Å². The highest BCUT2D eigenvalue weighted by Gasteiger charge is 2.09. The lowest BCUT2D eigenvalue weighted by Crippen LogP contribution is -1.93. The molecule has 0 unspecified atom stereocenters. The molecule has 0 radical (unpaired) electrons. The van der Waals surface area contributed by atoms with Gasteiger partial charge in [0.05, 0.1) is 5.56 Å². The van der Waals surface area contributed by atoms with E-state index < -0.39 is 0 Å². The van der Waals surface area contributed by atoms with Crippen LogP contribution in [0.4, 0.5) is 0 Å². The standard InChI is InChI=1S/C9H5Cl2N3O/c10-8-12-7(13-9(11)14-8)5-3-1-2-4-6(5)15/h1-4,15H. The first-order valence-electron chi connectivity index (χ1n) is 4.02. The third kappa shape index (κ3) is 2.16. The number of phenolic OH excluding ortho intramolecular Hbond substituents is 1. The van der Waals surface area contributed by atoms with Gasteiger partial charge in [-0.15, -0.1) is 0 Å². The maximum Gasteiger partial charge on any atom is 0.227 e. The molecule has 0 amide bonds. The fraction of sp³-hybridized carbons (Fsp3) is 0. The SMILES string of the molecule is Oc1ccccc1-c1nc(Cl)nc(Cl)n1. The highest BCUT2D eigenvalue weighted by atomic mass is 35.5. The molecular weight excluding hydrogens is 237 g/mol. The molecule has 76 valence electrons. The van der Waals surface area contributed by atoms with Gasteiger partial charge in [-0.05, 0) is 35.3 Å². The van der Waals surface area contributed by atoms with Gasteiger partial charge >= 0.3 is 0 Å². The van der Waals surface area contributed by atoms with Crippen molar-refractivity contribution in [2.24, 2.45) is 0 Å². The lowest BCUT2D eigenvalue weighted by atomic mass is 10.2. The number of rotatable bonds is 1. The second-order valence-corrected chi connectivity index (χ2v) is 3.39. The van der Waals surface area contributed by atoms with E-state index in [1.165, 1.54) is 6.07 Å².